The third-order valence-corrected chi connectivity index (χ3v) is 3.30. The van der Waals surface area contributed by atoms with E-state index in [1.54, 1.807) is 0 Å². The maximum absolute atomic E-state index is 13.1. The van der Waals surface area contributed by atoms with E-state index in [0.717, 1.165) is 12.1 Å². The van der Waals surface area contributed by atoms with Crippen LogP contribution < -0.4 is 5.32 Å². The van der Waals surface area contributed by atoms with Crippen molar-refractivity contribution in [1.29, 1.82) is 0 Å². The Hall–Kier alpha value is -2.02. The molecule has 0 aliphatic carbocycles. The molecule has 5 nitrogen and oxygen atoms in total. The standard InChI is InChI=1S/C14H16F2N2O3/c1-17-14(20)12-8-18(4-5-21-12)13(19)7-9-2-3-10(15)11(16)6-9/h2-3,6,12H,4-5,7-8H2,1H3,(H,17,20)/t12-/m1/s1. The first-order valence-corrected chi connectivity index (χ1v) is 6.56. The first-order valence-electron chi connectivity index (χ1n) is 6.56. The molecule has 1 aromatic rings. The van der Waals surface area contributed by atoms with Crippen molar-refractivity contribution in [3.8, 4) is 0 Å². The highest BCUT2D eigenvalue weighted by atomic mass is 19.2. The maximum Gasteiger partial charge on any atom is 0.250 e. The molecule has 114 valence electrons. The highest BCUT2D eigenvalue weighted by Gasteiger charge is 2.28. The summed E-state index contributed by atoms with van der Waals surface area (Å²) in [5.41, 5.74) is 0.391. The molecular formula is C14H16F2N2O3. The zero-order valence-electron chi connectivity index (χ0n) is 11.6. The molecule has 1 aliphatic heterocycles. The molecule has 0 aromatic heterocycles. The van der Waals surface area contributed by atoms with Gasteiger partial charge in [0.2, 0.25) is 5.91 Å². The molecule has 0 bridgehead atoms. The molecule has 2 rings (SSSR count). The predicted octanol–water partition coefficient (Wildman–Crippen LogP) is 0.481. The summed E-state index contributed by atoms with van der Waals surface area (Å²) >= 11 is 0. The lowest BCUT2D eigenvalue weighted by Crippen LogP contribution is -2.51. The van der Waals surface area contributed by atoms with E-state index in [1.807, 2.05) is 0 Å². The number of nitrogens with one attached hydrogen (secondary N) is 1. The second-order valence-electron chi connectivity index (χ2n) is 4.74. The third-order valence-electron chi connectivity index (χ3n) is 3.30. The number of nitrogens with zero attached hydrogens (tertiary/aromatic N) is 1. The normalized spacial score (nSPS) is 18.4. The number of carbonyl (C=O) groups is 2. The van der Waals surface area contributed by atoms with E-state index >= 15 is 0 Å². The van der Waals surface area contributed by atoms with Gasteiger partial charge in [0.25, 0.3) is 5.91 Å². The molecule has 0 radical (unpaired) electrons. The molecule has 1 saturated heterocycles. The first-order chi connectivity index (χ1) is 10.0. The van der Waals surface area contributed by atoms with Gasteiger partial charge in [0.1, 0.15) is 0 Å². The van der Waals surface area contributed by atoms with Crippen molar-refractivity contribution in [3.63, 3.8) is 0 Å². The fraction of sp³-hybridized carbons (Fsp3) is 0.429. The van der Waals surface area contributed by atoms with Gasteiger partial charge in [-0.1, -0.05) is 6.07 Å². The van der Waals surface area contributed by atoms with Gasteiger partial charge in [0.15, 0.2) is 17.7 Å². The Morgan fingerprint density at radius 3 is 2.81 bits per heavy atom. The van der Waals surface area contributed by atoms with Crippen LogP contribution in [0.1, 0.15) is 5.56 Å². The largest absolute Gasteiger partial charge is 0.365 e. The van der Waals surface area contributed by atoms with Gasteiger partial charge < -0.3 is 15.0 Å². The molecular weight excluding hydrogens is 282 g/mol. The average Bonchev–Trinajstić information content (AvgIpc) is 2.50. The predicted molar refractivity (Wildman–Crippen MR) is 70.4 cm³/mol. The Balaban J connectivity index is 1.99. The Bertz CT molecular complexity index is 551. The van der Waals surface area contributed by atoms with Crippen LogP contribution >= 0.6 is 0 Å². The molecule has 2 amide bonds. The summed E-state index contributed by atoms with van der Waals surface area (Å²) in [6.45, 7) is 0.791. The van der Waals surface area contributed by atoms with Crippen LogP contribution in [-0.4, -0.2) is 49.6 Å². The summed E-state index contributed by atoms with van der Waals surface area (Å²) in [4.78, 5) is 25.1. The Kier molecular flexibility index (Phi) is 4.85. The van der Waals surface area contributed by atoms with Gasteiger partial charge in [-0.2, -0.15) is 0 Å². The average molecular weight is 298 g/mol. The quantitative estimate of drug-likeness (QED) is 0.883. The molecule has 0 unspecified atom stereocenters. The summed E-state index contributed by atoms with van der Waals surface area (Å²) in [6.07, 6.45) is -0.741. The summed E-state index contributed by atoms with van der Waals surface area (Å²) in [7, 11) is 1.49. The number of carbonyl (C=O) groups excluding carboxylic acids is 2. The van der Waals surface area contributed by atoms with Crippen molar-refractivity contribution in [3.05, 3.63) is 35.4 Å². The lowest BCUT2D eigenvalue weighted by molar-refractivity contribution is -0.146. The number of rotatable bonds is 3. The molecule has 1 fully saturated rings. The number of ether oxygens (including phenoxy) is 1. The number of hydrogen-bond acceptors (Lipinski definition) is 3. The van der Waals surface area contributed by atoms with E-state index in [9.17, 15) is 18.4 Å². The molecule has 7 heteroatoms. The van der Waals surface area contributed by atoms with E-state index in [0.29, 0.717) is 12.1 Å². The van der Waals surface area contributed by atoms with E-state index in [4.69, 9.17) is 4.74 Å². The summed E-state index contributed by atoms with van der Waals surface area (Å²) in [5, 5.41) is 2.46. The number of likely N-dealkylation sites (N-methyl/N-ethyl adjacent to an activating group) is 1. The molecule has 0 spiro atoms. The highest BCUT2D eigenvalue weighted by molar-refractivity contribution is 5.83. The van der Waals surface area contributed by atoms with Crippen LogP contribution in [0.3, 0.4) is 0 Å². The minimum Gasteiger partial charge on any atom is -0.365 e. The smallest absolute Gasteiger partial charge is 0.250 e. The molecule has 0 saturated carbocycles. The van der Waals surface area contributed by atoms with Crippen molar-refractivity contribution >= 4 is 11.8 Å². The van der Waals surface area contributed by atoms with Crippen molar-refractivity contribution in [2.45, 2.75) is 12.5 Å². The molecule has 1 aliphatic rings. The van der Waals surface area contributed by atoms with Crippen molar-refractivity contribution in [2.24, 2.45) is 0 Å². The third kappa shape index (κ3) is 3.75. The van der Waals surface area contributed by atoms with Gasteiger partial charge in [-0.3, -0.25) is 9.59 Å². The Morgan fingerprint density at radius 2 is 2.14 bits per heavy atom. The van der Waals surface area contributed by atoms with Gasteiger partial charge in [-0.25, -0.2) is 8.78 Å². The molecule has 1 heterocycles. The van der Waals surface area contributed by atoms with Gasteiger partial charge in [-0.15, -0.1) is 0 Å². The van der Waals surface area contributed by atoms with Crippen molar-refractivity contribution in [2.75, 3.05) is 26.7 Å². The fourth-order valence-electron chi connectivity index (χ4n) is 2.13. The van der Waals surface area contributed by atoms with Crippen LogP contribution in [0, 0.1) is 11.6 Å². The zero-order chi connectivity index (χ0) is 15.4. The molecule has 21 heavy (non-hydrogen) atoms. The van der Waals surface area contributed by atoms with Crippen LogP contribution in [-0.2, 0) is 20.7 Å². The Labute approximate surface area is 120 Å². The number of benzene rings is 1. The van der Waals surface area contributed by atoms with E-state index < -0.39 is 17.7 Å². The summed E-state index contributed by atoms with van der Waals surface area (Å²) in [6, 6.07) is 3.36. The van der Waals surface area contributed by atoms with Crippen LogP contribution in [0.15, 0.2) is 18.2 Å². The number of halogens is 2. The van der Waals surface area contributed by atoms with Gasteiger partial charge in [0.05, 0.1) is 19.6 Å². The van der Waals surface area contributed by atoms with Crippen molar-refractivity contribution in [1.82, 2.24) is 10.2 Å². The van der Waals surface area contributed by atoms with Crippen LogP contribution in [0.5, 0.6) is 0 Å². The fourth-order valence-corrected chi connectivity index (χ4v) is 2.13. The van der Waals surface area contributed by atoms with Crippen LogP contribution in [0.25, 0.3) is 0 Å². The Morgan fingerprint density at radius 1 is 1.38 bits per heavy atom. The van der Waals surface area contributed by atoms with Gasteiger partial charge >= 0.3 is 0 Å². The number of hydrogen-bond donors (Lipinski definition) is 1. The number of morpholine rings is 1. The zero-order valence-corrected chi connectivity index (χ0v) is 11.6. The summed E-state index contributed by atoms with van der Waals surface area (Å²) < 4.78 is 31.2. The number of amides is 2. The van der Waals surface area contributed by atoms with E-state index in [1.165, 1.54) is 18.0 Å². The second-order valence-corrected chi connectivity index (χ2v) is 4.74. The first kappa shape index (κ1) is 15.4. The lowest BCUT2D eigenvalue weighted by Gasteiger charge is -2.32. The molecule has 1 N–H and O–H groups in total. The van der Waals surface area contributed by atoms with Gasteiger partial charge in [-0.05, 0) is 17.7 Å². The van der Waals surface area contributed by atoms with Crippen molar-refractivity contribution < 1.29 is 23.1 Å². The van der Waals surface area contributed by atoms with Crippen LogP contribution in [0.2, 0.25) is 0 Å². The minimum absolute atomic E-state index is 0.0440. The van der Waals surface area contributed by atoms with Crippen LogP contribution in [0.4, 0.5) is 8.78 Å². The summed E-state index contributed by atoms with van der Waals surface area (Å²) in [5.74, 6) is -2.47. The van der Waals surface area contributed by atoms with Gasteiger partial charge in [0, 0.05) is 13.6 Å². The SMILES string of the molecule is CNC(=O)[C@H]1CN(C(=O)Cc2ccc(F)c(F)c2)CCO1. The van der Waals surface area contributed by atoms with E-state index in [-0.39, 0.29) is 31.4 Å². The monoisotopic (exact) mass is 298 g/mol. The lowest BCUT2D eigenvalue weighted by atomic mass is 10.1. The minimum atomic E-state index is -0.981. The molecule has 1 atom stereocenters. The highest BCUT2D eigenvalue weighted by Crippen LogP contribution is 2.12. The second kappa shape index (κ2) is 6.62. The topological polar surface area (TPSA) is 58.6 Å². The maximum atomic E-state index is 13.1. The molecule has 1 aromatic carbocycles. The van der Waals surface area contributed by atoms with E-state index in [2.05, 4.69) is 5.32 Å².